The molecular formula is C12H20O2. The van der Waals surface area contributed by atoms with Crippen LogP contribution in [0.3, 0.4) is 0 Å². The number of ketones is 1. The van der Waals surface area contributed by atoms with Crippen molar-refractivity contribution in [3.05, 3.63) is 23.8 Å². The Bertz CT molecular complexity index is 239. The van der Waals surface area contributed by atoms with Crippen molar-refractivity contribution < 1.29 is 9.90 Å². The third-order valence-corrected chi connectivity index (χ3v) is 2.28. The third-order valence-electron chi connectivity index (χ3n) is 2.28. The molecule has 0 aromatic rings. The zero-order valence-corrected chi connectivity index (χ0v) is 9.34. The molecule has 0 aliphatic heterocycles. The van der Waals surface area contributed by atoms with Crippen molar-refractivity contribution in [2.24, 2.45) is 5.92 Å². The molecule has 0 aromatic carbocycles. The summed E-state index contributed by atoms with van der Waals surface area (Å²) < 4.78 is 0. The Balaban J connectivity index is 0.000000500. The van der Waals surface area contributed by atoms with Crippen LogP contribution in [-0.2, 0) is 4.79 Å². The number of hydrogen-bond acceptors (Lipinski definition) is 2. The first kappa shape index (κ1) is 13.1. The van der Waals surface area contributed by atoms with E-state index in [1.165, 1.54) is 0 Å². The predicted molar refractivity (Wildman–Crippen MR) is 59.1 cm³/mol. The molecule has 0 saturated carbocycles. The summed E-state index contributed by atoms with van der Waals surface area (Å²) in [6, 6.07) is 0. The Morgan fingerprint density at radius 2 is 2.21 bits per heavy atom. The van der Waals surface area contributed by atoms with Crippen LogP contribution < -0.4 is 0 Å². The molecule has 1 aliphatic rings. The molecule has 1 unspecified atom stereocenters. The first-order valence-electron chi connectivity index (χ1n) is 4.99. The Labute approximate surface area is 86.3 Å². The number of rotatable bonds is 1. The molecule has 0 saturated heterocycles. The predicted octanol–water partition coefficient (Wildman–Crippen LogP) is 2.49. The Morgan fingerprint density at radius 1 is 1.71 bits per heavy atom. The van der Waals surface area contributed by atoms with Crippen molar-refractivity contribution in [2.75, 3.05) is 6.61 Å². The van der Waals surface area contributed by atoms with Gasteiger partial charge in [-0.1, -0.05) is 18.2 Å². The molecular weight excluding hydrogens is 176 g/mol. The SMILES string of the molecule is C=C(C)C1CC=C(C)C(=O)C1.CCO. The molecule has 2 nitrogen and oxygen atoms in total. The fourth-order valence-electron chi connectivity index (χ4n) is 1.28. The van der Waals surface area contributed by atoms with E-state index in [-0.39, 0.29) is 12.4 Å². The highest BCUT2D eigenvalue weighted by Gasteiger charge is 2.18. The lowest BCUT2D eigenvalue weighted by molar-refractivity contribution is -0.116. The van der Waals surface area contributed by atoms with E-state index in [4.69, 9.17) is 5.11 Å². The second-order valence-electron chi connectivity index (χ2n) is 3.61. The van der Waals surface area contributed by atoms with Crippen LogP contribution in [0.4, 0.5) is 0 Å². The highest BCUT2D eigenvalue weighted by molar-refractivity contribution is 5.95. The monoisotopic (exact) mass is 196 g/mol. The van der Waals surface area contributed by atoms with E-state index in [1.807, 2.05) is 19.9 Å². The molecule has 0 radical (unpaired) electrons. The van der Waals surface area contributed by atoms with E-state index in [0.29, 0.717) is 12.3 Å². The van der Waals surface area contributed by atoms with Crippen LogP contribution in [0.1, 0.15) is 33.6 Å². The van der Waals surface area contributed by atoms with Crippen molar-refractivity contribution in [1.82, 2.24) is 0 Å². The minimum absolute atomic E-state index is 0.250. The zero-order valence-electron chi connectivity index (χ0n) is 9.34. The van der Waals surface area contributed by atoms with Crippen molar-refractivity contribution in [3.63, 3.8) is 0 Å². The van der Waals surface area contributed by atoms with E-state index < -0.39 is 0 Å². The van der Waals surface area contributed by atoms with Gasteiger partial charge in [0.1, 0.15) is 0 Å². The minimum Gasteiger partial charge on any atom is -0.397 e. The van der Waals surface area contributed by atoms with E-state index in [9.17, 15) is 4.79 Å². The zero-order chi connectivity index (χ0) is 11.1. The number of aliphatic hydroxyl groups excluding tert-OH is 1. The van der Waals surface area contributed by atoms with Crippen LogP contribution in [0.15, 0.2) is 23.8 Å². The lowest BCUT2D eigenvalue weighted by Gasteiger charge is -2.18. The Hall–Kier alpha value is -0.890. The molecule has 2 heteroatoms. The van der Waals surface area contributed by atoms with Crippen LogP contribution in [-0.4, -0.2) is 17.5 Å². The van der Waals surface area contributed by atoms with E-state index in [2.05, 4.69) is 6.58 Å². The highest BCUT2D eigenvalue weighted by Crippen LogP contribution is 2.25. The summed E-state index contributed by atoms with van der Waals surface area (Å²) in [6.07, 6.45) is 3.68. The molecule has 0 bridgehead atoms. The van der Waals surface area contributed by atoms with Crippen LogP contribution >= 0.6 is 0 Å². The Morgan fingerprint density at radius 3 is 2.57 bits per heavy atom. The molecule has 1 aliphatic carbocycles. The quantitative estimate of drug-likeness (QED) is 0.654. The number of hydrogen-bond donors (Lipinski definition) is 1. The summed E-state index contributed by atoms with van der Waals surface area (Å²) in [5.41, 5.74) is 2.05. The van der Waals surface area contributed by atoms with Crippen molar-refractivity contribution >= 4 is 5.78 Å². The van der Waals surface area contributed by atoms with Gasteiger partial charge >= 0.3 is 0 Å². The van der Waals surface area contributed by atoms with Gasteiger partial charge in [0, 0.05) is 13.0 Å². The second kappa shape index (κ2) is 6.55. The lowest BCUT2D eigenvalue weighted by atomic mass is 9.85. The van der Waals surface area contributed by atoms with Gasteiger partial charge in [0.05, 0.1) is 0 Å². The number of carbonyl (C=O) groups is 1. The molecule has 80 valence electrons. The van der Waals surface area contributed by atoms with Gasteiger partial charge in [0.15, 0.2) is 5.78 Å². The number of allylic oxidation sites excluding steroid dienone is 3. The van der Waals surface area contributed by atoms with Gasteiger partial charge in [-0.2, -0.15) is 0 Å². The summed E-state index contributed by atoms with van der Waals surface area (Å²) in [7, 11) is 0. The van der Waals surface area contributed by atoms with Crippen molar-refractivity contribution in [2.45, 2.75) is 33.6 Å². The maximum atomic E-state index is 11.2. The van der Waals surface area contributed by atoms with Crippen molar-refractivity contribution in [3.8, 4) is 0 Å². The molecule has 0 amide bonds. The van der Waals surface area contributed by atoms with E-state index in [1.54, 1.807) is 6.92 Å². The molecule has 0 heterocycles. The molecule has 1 N–H and O–H groups in total. The van der Waals surface area contributed by atoms with Crippen LogP contribution in [0.5, 0.6) is 0 Å². The van der Waals surface area contributed by atoms with Gasteiger partial charge < -0.3 is 5.11 Å². The molecule has 0 spiro atoms. The number of Topliss-reactive ketones (excluding diaryl/α,β-unsaturated/α-hetero) is 1. The van der Waals surface area contributed by atoms with Crippen molar-refractivity contribution in [1.29, 1.82) is 0 Å². The normalized spacial score (nSPS) is 20.7. The van der Waals surface area contributed by atoms with Gasteiger partial charge in [-0.3, -0.25) is 4.79 Å². The first-order valence-corrected chi connectivity index (χ1v) is 4.99. The average Bonchev–Trinajstić information content (AvgIpc) is 2.10. The van der Waals surface area contributed by atoms with Crippen LogP contribution in [0.2, 0.25) is 0 Å². The molecule has 1 rings (SSSR count). The number of aliphatic hydroxyl groups is 1. The van der Waals surface area contributed by atoms with Gasteiger partial charge in [-0.15, -0.1) is 0 Å². The summed E-state index contributed by atoms with van der Waals surface area (Å²) in [6.45, 7) is 9.67. The maximum Gasteiger partial charge on any atom is 0.158 e. The average molecular weight is 196 g/mol. The summed E-state index contributed by atoms with van der Waals surface area (Å²) in [5, 5.41) is 7.57. The van der Waals surface area contributed by atoms with Gasteiger partial charge in [-0.25, -0.2) is 0 Å². The third kappa shape index (κ3) is 4.38. The second-order valence-corrected chi connectivity index (χ2v) is 3.61. The largest absolute Gasteiger partial charge is 0.397 e. The molecule has 1 atom stereocenters. The summed E-state index contributed by atoms with van der Waals surface area (Å²) in [4.78, 5) is 11.2. The molecule has 14 heavy (non-hydrogen) atoms. The highest BCUT2D eigenvalue weighted by atomic mass is 16.2. The number of carbonyl (C=O) groups excluding carboxylic acids is 1. The smallest absolute Gasteiger partial charge is 0.158 e. The molecule has 0 fully saturated rings. The minimum atomic E-state index is 0.250. The van der Waals surface area contributed by atoms with E-state index >= 15 is 0 Å². The van der Waals surface area contributed by atoms with E-state index in [0.717, 1.165) is 17.6 Å². The van der Waals surface area contributed by atoms with Gasteiger partial charge in [-0.05, 0) is 38.7 Å². The first-order chi connectivity index (χ1) is 6.52. The van der Waals surface area contributed by atoms with Crippen LogP contribution in [0.25, 0.3) is 0 Å². The topological polar surface area (TPSA) is 37.3 Å². The summed E-state index contributed by atoms with van der Waals surface area (Å²) in [5.74, 6) is 0.676. The standard InChI is InChI=1S/C10H14O.C2H6O/c1-7(2)9-5-4-8(3)10(11)6-9;1-2-3/h4,9H,1,5-6H2,2-3H3;3H,2H2,1H3. The fraction of sp³-hybridized carbons (Fsp3) is 0.583. The van der Waals surface area contributed by atoms with Gasteiger partial charge in [0.25, 0.3) is 0 Å². The van der Waals surface area contributed by atoms with Crippen LogP contribution in [0, 0.1) is 5.92 Å². The van der Waals surface area contributed by atoms with Gasteiger partial charge in [0.2, 0.25) is 0 Å². The maximum absolute atomic E-state index is 11.2. The summed E-state index contributed by atoms with van der Waals surface area (Å²) >= 11 is 0. The lowest BCUT2D eigenvalue weighted by Crippen LogP contribution is -2.14. The fourth-order valence-corrected chi connectivity index (χ4v) is 1.28. The Kier molecular flexibility index (Phi) is 6.13. The molecule has 0 aromatic heterocycles.